The van der Waals surface area contributed by atoms with Gasteiger partial charge in [-0.2, -0.15) is 0 Å². The fourth-order valence-corrected chi connectivity index (χ4v) is 3.64. The van der Waals surface area contributed by atoms with Crippen molar-refractivity contribution in [3.8, 4) is 0 Å². The third-order valence-electron chi connectivity index (χ3n) is 4.77. The fourth-order valence-electron chi connectivity index (χ4n) is 3.04. The molecule has 1 rings (SSSR count). The lowest BCUT2D eigenvalue weighted by Crippen LogP contribution is -2.64. The summed E-state index contributed by atoms with van der Waals surface area (Å²) in [4.78, 5) is 40.6. The van der Waals surface area contributed by atoms with Crippen LogP contribution in [0.1, 0.15) is 39.5 Å². The summed E-state index contributed by atoms with van der Waals surface area (Å²) in [6, 6.07) is -1.00. The summed E-state index contributed by atoms with van der Waals surface area (Å²) in [5, 5.41) is 34.4. The molecule has 1 fully saturated rings. The smallest absolute Gasteiger partial charge is 0.447 e. The number of hydrogen-bond acceptors (Lipinski definition) is 10. The first kappa shape index (κ1) is 29.7. The standard InChI is InChI=1S/C18H35N2O12P/c1-3-12(32-33(26,27)28)10-30-18(25)19-7-5-4-6-8-29-17-14(20-11(2)22)16(24)15(23)13(9-21)31-17/h12-17,21,23-24H,3-10H2,1-2H3,(H,19,25)(H,20,22)(H2,26,27,28)/t12-,13-,14-,15+,16-,17?/m1/s1. The molecule has 1 aliphatic heterocycles. The largest absolute Gasteiger partial charge is 0.469 e. The van der Waals surface area contributed by atoms with Gasteiger partial charge in [0.15, 0.2) is 6.29 Å². The lowest BCUT2D eigenvalue weighted by molar-refractivity contribution is -0.270. The molecule has 0 spiro atoms. The summed E-state index contributed by atoms with van der Waals surface area (Å²) in [6.07, 6.45) is -4.49. The van der Waals surface area contributed by atoms with Crippen LogP contribution < -0.4 is 10.6 Å². The molecule has 0 aromatic rings. The van der Waals surface area contributed by atoms with Gasteiger partial charge in [-0.3, -0.25) is 9.32 Å². The Hall–Kier alpha value is -1.35. The quantitative estimate of drug-likeness (QED) is 0.109. The first-order valence-corrected chi connectivity index (χ1v) is 12.2. The Morgan fingerprint density at radius 3 is 2.42 bits per heavy atom. The molecule has 0 radical (unpaired) electrons. The second kappa shape index (κ2) is 14.8. The van der Waals surface area contributed by atoms with Gasteiger partial charge in [-0.1, -0.05) is 6.92 Å². The van der Waals surface area contributed by atoms with Gasteiger partial charge < -0.3 is 50.0 Å². The number of phosphoric acid groups is 1. The average Bonchev–Trinajstić information content (AvgIpc) is 2.73. The van der Waals surface area contributed by atoms with Crippen molar-refractivity contribution >= 4 is 19.8 Å². The minimum absolute atomic E-state index is 0.198. The maximum absolute atomic E-state index is 11.6. The Bertz CT molecular complexity index is 648. The molecular weight excluding hydrogens is 467 g/mol. The van der Waals surface area contributed by atoms with Crippen LogP contribution in [-0.4, -0.2) is 100 Å². The van der Waals surface area contributed by atoms with Crippen LogP contribution in [0.3, 0.4) is 0 Å². The van der Waals surface area contributed by atoms with E-state index >= 15 is 0 Å². The van der Waals surface area contributed by atoms with Gasteiger partial charge in [0.1, 0.15) is 37.1 Å². The molecule has 14 nitrogen and oxygen atoms in total. The Kier molecular flexibility index (Phi) is 13.3. The second-order valence-corrected chi connectivity index (χ2v) is 8.71. The summed E-state index contributed by atoms with van der Waals surface area (Å²) in [5.41, 5.74) is 0. The summed E-state index contributed by atoms with van der Waals surface area (Å²) in [5.74, 6) is -0.442. The van der Waals surface area contributed by atoms with Gasteiger partial charge in [-0.05, 0) is 25.7 Å². The number of ether oxygens (including phenoxy) is 3. The molecule has 0 saturated carbocycles. The fraction of sp³-hybridized carbons (Fsp3) is 0.889. The van der Waals surface area contributed by atoms with Crippen molar-refractivity contribution in [2.75, 3.05) is 26.4 Å². The van der Waals surface area contributed by atoms with Gasteiger partial charge in [-0.25, -0.2) is 9.36 Å². The Balaban J connectivity index is 2.27. The van der Waals surface area contributed by atoms with Gasteiger partial charge in [-0.15, -0.1) is 0 Å². The van der Waals surface area contributed by atoms with Crippen LogP contribution in [0.25, 0.3) is 0 Å². The Labute approximate surface area is 191 Å². The Morgan fingerprint density at radius 2 is 1.85 bits per heavy atom. The number of carbonyl (C=O) groups excluding carboxylic acids is 2. The van der Waals surface area contributed by atoms with Crippen LogP contribution in [-0.2, 0) is 28.1 Å². The highest BCUT2D eigenvalue weighted by molar-refractivity contribution is 7.46. The minimum Gasteiger partial charge on any atom is -0.447 e. The molecule has 2 amide bonds. The molecule has 194 valence electrons. The van der Waals surface area contributed by atoms with Crippen molar-refractivity contribution < 1.29 is 58.0 Å². The SMILES string of the molecule is CC[C@H](COC(=O)NCCCCCOC1O[C@H](CO)[C@H](O)[C@H](O)[C@H]1NC(C)=O)OP(=O)(O)O. The highest BCUT2D eigenvalue weighted by atomic mass is 31.2. The summed E-state index contributed by atoms with van der Waals surface area (Å²) < 4.78 is 31.2. The molecule has 1 unspecified atom stereocenters. The molecular formula is C18H35N2O12P. The molecule has 1 aliphatic rings. The van der Waals surface area contributed by atoms with E-state index < -0.39 is 63.2 Å². The maximum Gasteiger partial charge on any atom is 0.469 e. The van der Waals surface area contributed by atoms with E-state index in [-0.39, 0.29) is 19.6 Å². The molecule has 0 aliphatic carbocycles. The number of alkyl carbamates (subject to hydrolysis) is 1. The monoisotopic (exact) mass is 502 g/mol. The van der Waals surface area contributed by atoms with Gasteiger partial charge in [0, 0.05) is 20.1 Å². The van der Waals surface area contributed by atoms with E-state index in [0.717, 1.165) is 0 Å². The maximum atomic E-state index is 11.6. The molecule has 0 aromatic carbocycles. The number of hydrogen-bond donors (Lipinski definition) is 7. The topological polar surface area (TPSA) is 213 Å². The minimum atomic E-state index is -4.66. The molecule has 33 heavy (non-hydrogen) atoms. The predicted molar refractivity (Wildman–Crippen MR) is 112 cm³/mol. The normalized spacial score (nSPS) is 26.5. The van der Waals surface area contributed by atoms with Crippen LogP contribution in [0.5, 0.6) is 0 Å². The molecule has 0 aromatic heterocycles. The van der Waals surface area contributed by atoms with Crippen LogP contribution in [0.4, 0.5) is 4.79 Å². The lowest BCUT2D eigenvalue weighted by Gasteiger charge is -2.42. The van der Waals surface area contributed by atoms with Crippen molar-refractivity contribution in [1.29, 1.82) is 0 Å². The van der Waals surface area contributed by atoms with Crippen LogP contribution >= 0.6 is 7.82 Å². The third kappa shape index (κ3) is 11.6. The molecule has 1 heterocycles. The molecule has 6 atom stereocenters. The summed E-state index contributed by atoms with van der Waals surface area (Å²) >= 11 is 0. The average molecular weight is 502 g/mol. The third-order valence-corrected chi connectivity index (χ3v) is 5.34. The van der Waals surface area contributed by atoms with Gasteiger partial charge in [0.05, 0.1) is 6.61 Å². The van der Waals surface area contributed by atoms with Crippen LogP contribution in [0.15, 0.2) is 0 Å². The molecule has 15 heteroatoms. The number of carbonyl (C=O) groups is 2. The van der Waals surface area contributed by atoms with Crippen molar-refractivity contribution in [1.82, 2.24) is 10.6 Å². The van der Waals surface area contributed by atoms with Crippen LogP contribution in [0.2, 0.25) is 0 Å². The number of aliphatic hydroxyl groups excluding tert-OH is 3. The van der Waals surface area contributed by atoms with E-state index in [1.165, 1.54) is 6.92 Å². The second-order valence-electron chi connectivity index (χ2n) is 7.52. The van der Waals surface area contributed by atoms with Crippen LogP contribution in [0, 0.1) is 0 Å². The van der Waals surface area contributed by atoms with Crippen molar-refractivity contribution in [3.05, 3.63) is 0 Å². The number of nitrogens with one attached hydrogen (secondary N) is 2. The zero-order valence-corrected chi connectivity index (χ0v) is 19.6. The van der Waals surface area contributed by atoms with Gasteiger partial charge in [0.25, 0.3) is 0 Å². The number of rotatable bonds is 14. The first-order chi connectivity index (χ1) is 15.5. The van der Waals surface area contributed by atoms with E-state index in [2.05, 4.69) is 15.2 Å². The van der Waals surface area contributed by atoms with Gasteiger partial charge >= 0.3 is 13.9 Å². The molecule has 0 bridgehead atoms. The van der Waals surface area contributed by atoms with E-state index in [1.54, 1.807) is 6.92 Å². The highest BCUT2D eigenvalue weighted by Gasteiger charge is 2.45. The lowest BCUT2D eigenvalue weighted by atomic mass is 9.97. The predicted octanol–water partition coefficient (Wildman–Crippen LogP) is -1.27. The Morgan fingerprint density at radius 1 is 1.15 bits per heavy atom. The zero-order chi connectivity index (χ0) is 25.0. The van der Waals surface area contributed by atoms with E-state index in [0.29, 0.717) is 25.8 Å². The molecule has 1 saturated heterocycles. The van der Waals surface area contributed by atoms with E-state index in [4.69, 9.17) is 24.0 Å². The highest BCUT2D eigenvalue weighted by Crippen LogP contribution is 2.38. The van der Waals surface area contributed by atoms with E-state index in [9.17, 15) is 29.5 Å². The number of phosphoric ester groups is 1. The molecule has 7 N–H and O–H groups in total. The summed E-state index contributed by atoms with van der Waals surface area (Å²) in [7, 11) is -4.66. The van der Waals surface area contributed by atoms with Crippen molar-refractivity contribution in [2.24, 2.45) is 0 Å². The summed E-state index contributed by atoms with van der Waals surface area (Å²) in [6.45, 7) is 2.54. The van der Waals surface area contributed by atoms with Gasteiger partial charge in [0.2, 0.25) is 5.91 Å². The number of unbranched alkanes of at least 4 members (excludes halogenated alkanes) is 2. The zero-order valence-electron chi connectivity index (χ0n) is 18.7. The van der Waals surface area contributed by atoms with Crippen molar-refractivity contribution in [2.45, 2.75) is 76.3 Å². The van der Waals surface area contributed by atoms with Crippen molar-refractivity contribution in [3.63, 3.8) is 0 Å². The number of amides is 2. The number of aliphatic hydroxyl groups is 3. The van der Waals surface area contributed by atoms with E-state index in [1.807, 2.05) is 0 Å². The first-order valence-electron chi connectivity index (χ1n) is 10.6.